The van der Waals surface area contributed by atoms with Gasteiger partial charge in [0.25, 0.3) is 5.91 Å². The lowest BCUT2D eigenvalue weighted by Crippen LogP contribution is -2.31. The predicted octanol–water partition coefficient (Wildman–Crippen LogP) is 2.03. The fraction of sp³-hybridized carbons (Fsp3) is 0.125. The van der Waals surface area contributed by atoms with Crippen molar-refractivity contribution in [3.8, 4) is 11.5 Å². The summed E-state index contributed by atoms with van der Waals surface area (Å²) < 4.78 is 10.2. The summed E-state index contributed by atoms with van der Waals surface area (Å²) in [6.07, 6.45) is 0. The van der Waals surface area contributed by atoms with Gasteiger partial charge in [0, 0.05) is 5.56 Å². The van der Waals surface area contributed by atoms with Crippen LogP contribution in [0.3, 0.4) is 0 Å². The van der Waals surface area contributed by atoms with Crippen molar-refractivity contribution in [3.63, 3.8) is 0 Å². The molecular weight excluding hydrogens is 270 g/mol. The van der Waals surface area contributed by atoms with E-state index in [2.05, 4.69) is 5.32 Å². The topological polar surface area (TPSA) is 64.6 Å². The highest BCUT2D eigenvalue weighted by Gasteiger charge is 2.11. The van der Waals surface area contributed by atoms with Crippen LogP contribution in [0.1, 0.15) is 10.4 Å². The first-order chi connectivity index (χ1) is 10.2. The Balaban J connectivity index is 1.89. The molecule has 0 atom stereocenters. The van der Waals surface area contributed by atoms with Crippen LogP contribution < -0.4 is 14.8 Å². The number of methoxy groups -OCH3 is 1. The summed E-state index contributed by atoms with van der Waals surface area (Å²) in [5.41, 5.74) is 0.489. The Labute approximate surface area is 122 Å². The second-order valence-corrected chi connectivity index (χ2v) is 4.17. The van der Waals surface area contributed by atoms with Crippen LogP contribution in [0.25, 0.3) is 0 Å². The van der Waals surface area contributed by atoms with Gasteiger partial charge in [0.05, 0.1) is 7.11 Å². The molecule has 5 nitrogen and oxygen atoms in total. The fourth-order valence-electron chi connectivity index (χ4n) is 1.71. The number of rotatable bonds is 5. The lowest BCUT2D eigenvalue weighted by atomic mass is 10.2. The molecule has 21 heavy (non-hydrogen) atoms. The largest absolute Gasteiger partial charge is 0.493 e. The first-order valence-corrected chi connectivity index (χ1v) is 6.37. The van der Waals surface area contributed by atoms with E-state index < -0.39 is 5.97 Å². The summed E-state index contributed by atoms with van der Waals surface area (Å²) in [4.78, 5) is 23.5. The van der Waals surface area contributed by atoms with Crippen molar-refractivity contribution in [3.05, 3.63) is 60.2 Å². The molecule has 0 spiro atoms. The molecule has 1 amide bonds. The zero-order chi connectivity index (χ0) is 15.1. The number of carbonyl (C=O) groups is 2. The Morgan fingerprint density at radius 2 is 1.57 bits per heavy atom. The second-order valence-electron chi connectivity index (χ2n) is 4.17. The third-order valence-corrected chi connectivity index (χ3v) is 2.72. The summed E-state index contributed by atoms with van der Waals surface area (Å²) in [6, 6.07) is 15.5. The highest BCUT2D eigenvalue weighted by Crippen LogP contribution is 2.25. The van der Waals surface area contributed by atoms with Gasteiger partial charge in [0.15, 0.2) is 11.5 Å². The molecule has 1 N–H and O–H groups in total. The predicted molar refractivity (Wildman–Crippen MR) is 77.4 cm³/mol. The molecule has 2 rings (SSSR count). The van der Waals surface area contributed by atoms with Crippen molar-refractivity contribution >= 4 is 11.9 Å². The first-order valence-electron chi connectivity index (χ1n) is 6.37. The Morgan fingerprint density at radius 3 is 2.24 bits per heavy atom. The summed E-state index contributed by atoms with van der Waals surface area (Å²) in [5.74, 6) is -0.115. The molecule has 0 unspecified atom stereocenters. The van der Waals surface area contributed by atoms with Crippen molar-refractivity contribution in [1.29, 1.82) is 0 Å². The monoisotopic (exact) mass is 285 g/mol. The summed E-state index contributed by atoms with van der Waals surface area (Å²) in [5, 5.41) is 2.50. The van der Waals surface area contributed by atoms with Crippen LogP contribution in [0.4, 0.5) is 0 Å². The summed E-state index contributed by atoms with van der Waals surface area (Å²) in [6.45, 7) is -0.216. The van der Waals surface area contributed by atoms with Gasteiger partial charge in [-0.1, -0.05) is 30.3 Å². The van der Waals surface area contributed by atoms with Gasteiger partial charge in [-0.2, -0.15) is 0 Å². The average molecular weight is 285 g/mol. The zero-order valence-corrected chi connectivity index (χ0v) is 11.5. The van der Waals surface area contributed by atoms with Gasteiger partial charge in [-0.05, 0) is 24.3 Å². The highest BCUT2D eigenvalue weighted by atomic mass is 16.6. The molecule has 2 aromatic carbocycles. The van der Waals surface area contributed by atoms with E-state index >= 15 is 0 Å². The maximum atomic E-state index is 11.8. The molecule has 0 fully saturated rings. The van der Waals surface area contributed by atoms with E-state index in [0.29, 0.717) is 17.1 Å². The Hall–Kier alpha value is -2.82. The quantitative estimate of drug-likeness (QED) is 0.674. The molecular formula is C16H15NO4. The smallest absolute Gasteiger partial charge is 0.330 e. The van der Waals surface area contributed by atoms with Gasteiger partial charge >= 0.3 is 5.97 Å². The summed E-state index contributed by atoms with van der Waals surface area (Å²) in [7, 11) is 1.49. The van der Waals surface area contributed by atoms with Gasteiger partial charge in [-0.15, -0.1) is 0 Å². The lowest BCUT2D eigenvalue weighted by Gasteiger charge is -2.09. The normalized spacial score (nSPS) is 9.76. The molecule has 5 heteroatoms. The van der Waals surface area contributed by atoms with Gasteiger partial charge in [0.2, 0.25) is 0 Å². The minimum atomic E-state index is -0.566. The molecule has 0 radical (unpaired) electrons. The SMILES string of the molecule is COc1ccccc1OC(=O)CNC(=O)c1ccccc1. The van der Waals surface area contributed by atoms with Gasteiger partial charge in [0.1, 0.15) is 6.54 Å². The van der Waals surface area contributed by atoms with Crippen LogP contribution >= 0.6 is 0 Å². The van der Waals surface area contributed by atoms with Crippen molar-refractivity contribution in [2.24, 2.45) is 0 Å². The molecule has 2 aromatic rings. The number of nitrogens with one attached hydrogen (secondary N) is 1. The molecule has 108 valence electrons. The number of benzene rings is 2. The highest BCUT2D eigenvalue weighted by molar-refractivity contribution is 5.96. The van der Waals surface area contributed by atoms with Gasteiger partial charge in [-0.3, -0.25) is 4.79 Å². The number of amides is 1. The van der Waals surface area contributed by atoms with Crippen molar-refractivity contribution in [1.82, 2.24) is 5.32 Å². The maximum Gasteiger partial charge on any atom is 0.330 e. The minimum absolute atomic E-state index is 0.216. The van der Waals surface area contributed by atoms with Crippen LogP contribution in [0.5, 0.6) is 11.5 Å². The van der Waals surface area contributed by atoms with Crippen LogP contribution in [-0.2, 0) is 4.79 Å². The molecule has 0 aliphatic rings. The van der Waals surface area contributed by atoms with Gasteiger partial charge in [-0.25, -0.2) is 4.79 Å². The number of hydrogen-bond acceptors (Lipinski definition) is 4. The number of carbonyl (C=O) groups excluding carboxylic acids is 2. The standard InChI is InChI=1S/C16H15NO4/c1-20-13-9-5-6-10-14(13)21-15(18)11-17-16(19)12-7-3-2-4-8-12/h2-10H,11H2,1H3,(H,17,19). The van der Waals surface area contributed by atoms with E-state index in [0.717, 1.165) is 0 Å². The molecule has 0 bridgehead atoms. The van der Waals surface area contributed by atoms with E-state index in [-0.39, 0.29) is 12.5 Å². The van der Waals surface area contributed by atoms with Crippen molar-refractivity contribution in [2.45, 2.75) is 0 Å². The average Bonchev–Trinajstić information content (AvgIpc) is 2.54. The maximum absolute atomic E-state index is 11.8. The van der Waals surface area contributed by atoms with Crippen molar-refractivity contribution in [2.75, 3.05) is 13.7 Å². The number of hydrogen-bond donors (Lipinski definition) is 1. The Bertz CT molecular complexity index is 625. The van der Waals surface area contributed by atoms with Crippen LogP contribution in [0, 0.1) is 0 Å². The van der Waals surface area contributed by atoms with Crippen molar-refractivity contribution < 1.29 is 19.1 Å². The minimum Gasteiger partial charge on any atom is -0.493 e. The van der Waals surface area contributed by atoms with E-state index in [1.807, 2.05) is 6.07 Å². The van der Waals surface area contributed by atoms with Crippen LogP contribution in [0.15, 0.2) is 54.6 Å². The lowest BCUT2D eigenvalue weighted by molar-refractivity contribution is -0.133. The van der Waals surface area contributed by atoms with E-state index in [4.69, 9.17) is 9.47 Å². The molecule has 0 aliphatic carbocycles. The molecule has 0 aromatic heterocycles. The fourth-order valence-corrected chi connectivity index (χ4v) is 1.71. The molecule has 0 saturated heterocycles. The first kappa shape index (κ1) is 14.6. The van der Waals surface area contributed by atoms with E-state index in [9.17, 15) is 9.59 Å². The van der Waals surface area contributed by atoms with Crippen LogP contribution in [-0.4, -0.2) is 25.5 Å². The number of ether oxygens (including phenoxy) is 2. The molecule has 0 heterocycles. The van der Waals surface area contributed by atoms with Crippen LogP contribution in [0.2, 0.25) is 0 Å². The number of para-hydroxylation sites is 2. The zero-order valence-electron chi connectivity index (χ0n) is 11.5. The van der Waals surface area contributed by atoms with Gasteiger partial charge < -0.3 is 14.8 Å². The third-order valence-electron chi connectivity index (χ3n) is 2.72. The summed E-state index contributed by atoms with van der Waals surface area (Å²) >= 11 is 0. The Morgan fingerprint density at radius 1 is 0.952 bits per heavy atom. The third kappa shape index (κ3) is 4.07. The molecule has 0 saturated carbocycles. The molecule has 0 aliphatic heterocycles. The van der Waals surface area contributed by atoms with E-state index in [1.165, 1.54) is 7.11 Å². The number of esters is 1. The Kier molecular flexibility index (Phi) is 4.93. The second kappa shape index (κ2) is 7.09. The van der Waals surface area contributed by atoms with E-state index in [1.54, 1.807) is 48.5 Å².